The summed E-state index contributed by atoms with van der Waals surface area (Å²) in [6.45, 7) is -3.27. The largest absolute Gasteiger partial charge is 0.424 e. The first-order valence-corrected chi connectivity index (χ1v) is 6.62. The van der Waals surface area contributed by atoms with E-state index in [1.807, 2.05) is 0 Å². The SMILES string of the molecule is COP(=O)(Cl)OC1CCCCC1. The summed E-state index contributed by atoms with van der Waals surface area (Å²) in [5.41, 5.74) is 0. The van der Waals surface area contributed by atoms with Crippen LogP contribution in [0.15, 0.2) is 0 Å². The van der Waals surface area contributed by atoms with Crippen LogP contribution in [0.25, 0.3) is 0 Å². The maximum Gasteiger partial charge on any atom is 0.424 e. The minimum Gasteiger partial charge on any atom is -0.300 e. The molecule has 0 amide bonds. The van der Waals surface area contributed by atoms with Crippen LogP contribution in [0.1, 0.15) is 32.1 Å². The summed E-state index contributed by atoms with van der Waals surface area (Å²) in [7, 11) is 1.30. The lowest BCUT2D eigenvalue weighted by molar-refractivity contribution is 0.135. The van der Waals surface area contributed by atoms with E-state index in [4.69, 9.17) is 15.8 Å². The smallest absolute Gasteiger partial charge is 0.300 e. The molecule has 0 aliphatic heterocycles. The van der Waals surface area contributed by atoms with Crippen molar-refractivity contribution in [1.82, 2.24) is 0 Å². The summed E-state index contributed by atoms with van der Waals surface area (Å²) >= 11 is 5.47. The average Bonchev–Trinajstić information content (AvgIpc) is 2.06. The van der Waals surface area contributed by atoms with E-state index in [9.17, 15) is 4.57 Å². The maximum absolute atomic E-state index is 11.2. The van der Waals surface area contributed by atoms with E-state index in [1.54, 1.807) is 0 Å². The van der Waals surface area contributed by atoms with Crippen LogP contribution in [0.3, 0.4) is 0 Å². The van der Waals surface area contributed by atoms with E-state index in [1.165, 1.54) is 13.5 Å². The molecule has 5 heteroatoms. The molecule has 1 aliphatic rings. The van der Waals surface area contributed by atoms with Crippen molar-refractivity contribution in [1.29, 1.82) is 0 Å². The first-order chi connectivity index (χ1) is 5.64. The van der Waals surface area contributed by atoms with E-state index in [0.29, 0.717) is 0 Å². The molecular formula is C7H14ClO3P. The van der Waals surface area contributed by atoms with E-state index in [0.717, 1.165) is 25.7 Å². The lowest BCUT2D eigenvalue weighted by atomic mass is 9.98. The molecule has 0 saturated heterocycles. The summed E-state index contributed by atoms with van der Waals surface area (Å²) in [5.74, 6) is 0. The Morgan fingerprint density at radius 2 is 1.92 bits per heavy atom. The first kappa shape index (κ1) is 10.5. The summed E-state index contributed by atoms with van der Waals surface area (Å²) in [6.07, 6.45) is 5.41. The zero-order valence-corrected chi connectivity index (χ0v) is 8.81. The molecule has 1 unspecified atom stereocenters. The van der Waals surface area contributed by atoms with Crippen LogP contribution in [0.4, 0.5) is 0 Å². The molecule has 1 fully saturated rings. The predicted octanol–water partition coefficient (Wildman–Crippen LogP) is 3.33. The minimum absolute atomic E-state index is 0.0297. The lowest BCUT2D eigenvalue weighted by Gasteiger charge is -2.23. The Morgan fingerprint density at radius 3 is 2.42 bits per heavy atom. The van der Waals surface area contributed by atoms with Crippen LogP contribution in [-0.2, 0) is 13.6 Å². The van der Waals surface area contributed by atoms with Crippen molar-refractivity contribution < 1.29 is 13.6 Å². The van der Waals surface area contributed by atoms with Crippen LogP contribution in [0.2, 0.25) is 0 Å². The molecular weight excluding hydrogens is 199 g/mol. The van der Waals surface area contributed by atoms with Crippen LogP contribution < -0.4 is 0 Å². The van der Waals surface area contributed by atoms with Crippen molar-refractivity contribution >= 4 is 18.2 Å². The molecule has 1 atom stereocenters. The Morgan fingerprint density at radius 1 is 1.33 bits per heavy atom. The van der Waals surface area contributed by atoms with Crippen molar-refractivity contribution in [2.45, 2.75) is 38.2 Å². The summed E-state index contributed by atoms with van der Waals surface area (Å²) < 4.78 is 20.8. The minimum atomic E-state index is -3.27. The molecule has 0 aromatic carbocycles. The quantitative estimate of drug-likeness (QED) is 0.673. The van der Waals surface area contributed by atoms with E-state index in [-0.39, 0.29) is 6.10 Å². The van der Waals surface area contributed by atoms with Crippen molar-refractivity contribution in [2.75, 3.05) is 7.11 Å². The molecule has 0 N–H and O–H groups in total. The topological polar surface area (TPSA) is 35.5 Å². The molecule has 3 nitrogen and oxygen atoms in total. The van der Waals surface area contributed by atoms with Gasteiger partial charge in [-0.05, 0) is 12.8 Å². The highest BCUT2D eigenvalue weighted by Gasteiger charge is 2.25. The monoisotopic (exact) mass is 212 g/mol. The maximum atomic E-state index is 11.2. The fraction of sp³-hybridized carbons (Fsp3) is 1.00. The highest BCUT2D eigenvalue weighted by Crippen LogP contribution is 2.54. The van der Waals surface area contributed by atoms with Crippen molar-refractivity contribution in [2.24, 2.45) is 0 Å². The Bertz CT molecular complexity index is 179. The molecule has 0 heterocycles. The number of halogens is 1. The van der Waals surface area contributed by atoms with Gasteiger partial charge in [-0.1, -0.05) is 19.3 Å². The molecule has 1 saturated carbocycles. The second kappa shape index (κ2) is 4.61. The Labute approximate surface area is 77.7 Å². The molecule has 1 aliphatic carbocycles. The van der Waals surface area contributed by atoms with Gasteiger partial charge >= 0.3 is 6.95 Å². The van der Waals surface area contributed by atoms with E-state index >= 15 is 0 Å². The second-order valence-corrected chi connectivity index (χ2v) is 5.66. The van der Waals surface area contributed by atoms with Crippen LogP contribution in [0.5, 0.6) is 0 Å². The third-order valence-electron chi connectivity index (χ3n) is 2.05. The molecule has 72 valence electrons. The number of hydrogen-bond donors (Lipinski definition) is 0. The second-order valence-electron chi connectivity index (χ2n) is 2.98. The van der Waals surface area contributed by atoms with E-state index < -0.39 is 6.95 Å². The lowest BCUT2D eigenvalue weighted by Crippen LogP contribution is -2.14. The predicted molar refractivity (Wildman–Crippen MR) is 48.4 cm³/mol. The van der Waals surface area contributed by atoms with Gasteiger partial charge in [-0.25, -0.2) is 4.57 Å². The number of rotatable bonds is 3. The van der Waals surface area contributed by atoms with Gasteiger partial charge in [-0.3, -0.25) is 4.52 Å². The summed E-state index contributed by atoms with van der Waals surface area (Å²) in [4.78, 5) is 0. The highest BCUT2D eigenvalue weighted by molar-refractivity contribution is 7.81. The van der Waals surface area contributed by atoms with Crippen molar-refractivity contribution in [3.63, 3.8) is 0 Å². The number of hydrogen-bond acceptors (Lipinski definition) is 3. The molecule has 1 rings (SSSR count). The summed E-state index contributed by atoms with van der Waals surface area (Å²) in [6, 6.07) is 0. The zero-order valence-electron chi connectivity index (χ0n) is 7.16. The molecule has 0 radical (unpaired) electrons. The molecule has 0 aromatic rings. The van der Waals surface area contributed by atoms with Gasteiger partial charge in [0.25, 0.3) is 0 Å². The van der Waals surface area contributed by atoms with Gasteiger partial charge < -0.3 is 4.52 Å². The van der Waals surface area contributed by atoms with Crippen molar-refractivity contribution in [3.05, 3.63) is 0 Å². The van der Waals surface area contributed by atoms with E-state index in [2.05, 4.69) is 4.52 Å². The zero-order chi connectivity index (χ0) is 9.03. The van der Waals surface area contributed by atoms with Gasteiger partial charge in [0.15, 0.2) is 0 Å². The Hall–Kier alpha value is 0.440. The normalized spacial score (nSPS) is 25.2. The molecule has 12 heavy (non-hydrogen) atoms. The van der Waals surface area contributed by atoms with Gasteiger partial charge in [0.1, 0.15) is 0 Å². The van der Waals surface area contributed by atoms with Gasteiger partial charge in [0, 0.05) is 18.4 Å². The average molecular weight is 213 g/mol. The molecule has 0 aromatic heterocycles. The fourth-order valence-electron chi connectivity index (χ4n) is 1.39. The van der Waals surface area contributed by atoms with Crippen LogP contribution >= 0.6 is 18.2 Å². The van der Waals surface area contributed by atoms with Crippen LogP contribution in [-0.4, -0.2) is 13.2 Å². The van der Waals surface area contributed by atoms with Gasteiger partial charge in [0.2, 0.25) is 0 Å². The third kappa shape index (κ3) is 3.44. The Kier molecular flexibility index (Phi) is 4.04. The molecule has 0 spiro atoms. The summed E-state index contributed by atoms with van der Waals surface area (Å²) in [5, 5.41) is 0. The van der Waals surface area contributed by atoms with Gasteiger partial charge in [-0.2, -0.15) is 0 Å². The van der Waals surface area contributed by atoms with Gasteiger partial charge in [-0.15, -0.1) is 0 Å². The standard InChI is InChI=1S/C7H14ClO3P/c1-10-12(8,9)11-7-5-3-2-4-6-7/h7H,2-6H2,1H3. The highest BCUT2D eigenvalue weighted by atomic mass is 35.7. The Balaban J connectivity index is 2.34. The van der Waals surface area contributed by atoms with Gasteiger partial charge in [0.05, 0.1) is 6.10 Å². The fourth-order valence-corrected chi connectivity index (χ4v) is 2.38. The van der Waals surface area contributed by atoms with Crippen molar-refractivity contribution in [3.8, 4) is 0 Å². The first-order valence-electron chi connectivity index (χ1n) is 4.18. The van der Waals surface area contributed by atoms with Crippen LogP contribution in [0, 0.1) is 0 Å². The molecule has 0 bridgehead atoms. The third-order valence-corrected chi connectivity index (χ3v) is 3.68.